The number of aldehydes is 1. The molecule has 208 valence electrons. The van der Waals surface area contributed by atoms with E-state index in [-0.39, 0.29) is 11.5 Å². The van der Waals surface area contributed by atoms with E-state index < -0.39 is 5.41 Å². The largest absolute Gasteiger partial charge is 0.507 e. The summed E-state index contributed by atoms with van der Waals surface area (Å²) in [6.07, 6.45) is 0.884. The van der Waals surface area contributed by atoms with Crippen molar-refractivity contribution in [2.24, 2.45) is 0 Å². The fraction of sp³-hybridized carbons (Fsp3) is 0.387. The molecule has 0 aromatic heterocycles. The van der Waals surface area contributed by atoms with E-state index >= 15 is 0 Å². The maximum atomic E-state index is 12.2. The second-order valence-corrected chi connectivity index (χ2v) is 10.5. The van der Waals surface area contributed by atoms with Crippen molar-refractivity contribution in [2.45, 2.75) is 25.4 Å². The molecule has 39 heavy (non-hydrogen) atoms. The number of carbonyl (C=O) groups excluding carboxylic acids is 1. The van der Waals surface area contributed by atoms with Gasteiger partial charge < -0.3 is 35.4 Å². The molecule has 0 spiro atoms. The number of benzene rings is 3. The summed E-state index contributed by atoms with van der Waals surface area (Å²) < 4.78 is 6.71. The van der Waals surface area contributed by atoms with Crippen LogP contribution >= 0.6 is 0 Å². The molecule has 0 saturated heterocycles. The van der Waals surface area contributed by atoms with Crippen LogP contribution in [-0.4, -0.2) is 80.7 Å². The monoisotopic (exact) mass is 532 g/mol. The number of hydrogen-bond donors (Lipinski definition) is 4. The SMILES string of the molecule is CNCCN(C)Cc1c(O)ccc2c1Oc1c(ccc(O)c1CN(C)CCNC)C2(C)c1ccccc1C=O. The van der Waals surface area contributed by atoms with Crippen LogP contribution in [0.1, 0.15) is 45.1 Å². The minimum atomic E-state index is -0.779. The van der Waals surface area contributed by atoms with Crippen molar-refractivity contribution >= 4 is 6.29 Å². The Bertz CT molecular complexity index is 1250. The maximum Gasteiger partial charge on any atom is 0.150 e. The van der Waals surface area contributed by atoms with Gasteiger partial charge in [0.2, 0.25) is 0 Å². The van der Waals surface area contributed by atoms with Crippen molar-refractivity contribution in [3.05, 3.63) is 81.9 Å². The summed E-state index contributed by atoms with van der Waals surface area (Å²) in [4.78, 5) is 16.5. The molecule has 8 heteroatoms. The zero-order valence-corrected chi connectivity index (χ0v) is 23.5. The highest BCUT2D eigenvalue weighted by Gasteiger charge is 2.43. The third-order valence-electron chi connectivity index (χ3n) is 7.72. The molecule has 1 aliphatic rings. The van der Waals surface area contributed by atoms with Crippen LogP contribution in [0.15, 0.2) is 48.5 Å². The normalized spacial score (nSPS) is 13.7. The minimum Gasteiger partial charge on any atom is -0.507 e. The minimum absolute atomic E-state index is 0.146. The number of ether oxygens (including phenoxy) is 1. The Kier molecular flexibility index (Phi) is 8.92. The van der Waals surface area contributed by atoms with Crippen LogP contribution in [-0.2, 0) is 18.5 Å². The van der Waals surface area contributed by atoms with E-state index in [9.17, 15) is 15.0 Å². The highest BCUT2D eigenvalue weighted by atomic mass is 16.5. The molecule has 0 saturated carbocycles. The molecule has 1 aliphatic heterocycles. The fourth-order valence-corrected chi connectivity index (χ4v) is 5.46. The zero-order valence-electron chi connectivity index (χ0n) is 23.5. The molecular weight excluding hydrogens is 492 g/mol. The average molecular weight is 533 g/mol. The van der Waals surface area contributed by atoms with Crippen LogP contribution in [0, 0.1) is 0 Å². The standard InChI is InChI=1S/C31H40N4O4/c1-31(24-9-7-6-8-21(24)20-36)25-10-12-27(37)22(18-34(4)16-14-32-2)29(25)39-30-23(19-35(5)17-15-33-3)28(38)13-11-26(30)31/h6-13,20,32-33,37-38H,14-19H2,1-5H3. The van der Waals surface area contributed by atoms with E-state index in [0.29, 0.717) is 41.3 Å². The van der Waals surface area contributed by atoms with E-state index in [1.807, 2.05) is 64.6 Å². The Morgan fingerprint density at radius 1 is 0.795 bits per heavy atom. The summed E-state index contributed by atoms with van der Waals surface area (Å²) in [5.74, 6) is 1.42. The zero-order chi connectivity index (χ0) is 28.2. The highest BCUT2D eigenvalue weighted by Crippen LogP contribution is 2.56. The first-order valence-corrected chi connectivity index (χ1v) is 13.4. The number of fused-ring (bicyclic) bond motifs is 2. The van der Waals surface area contributed by atoms with Crippen molar-refractivity contribution in [2.75, 3.05) is 54.4 Å². The Hall–Kier alpha value is -3.43. The lowest BCUT2D eigenvalue weighted by molar-refractivity contribution is 0.112. The molecular formula is C31H40N4O4. The van der Waals surface area contributed by atoms with Crippen LogP contribution < -0.4 is 15.4 Å². The van der Waals surface area contributed by atoms with Crippen molar-refractivity contribution in [1.82, 2.24) is 20.4 Å². The van der Waals surface area contributed by atoms with Gasteiger partial charge in [0, 0.05) is 56.0 Å². The highest BCUT2D eigenvalue weighted by molar-refractivity contribution is 5.81. The van der Waals surface area contributed by atoms with E-state index in [0.717, 1.165) is 49.2 Å². The fourth-order valence-electron chi connectivity index (χ4n) is 5.46. The third kappa shape index (κ3) is 5.51. The molecule has 0 unspecified atom stereocenters. The van der Waals surface area contributed by atoms with Gasteiger partial charge in [-0.1, -0.05) is 36.4 Å². The first kappa shape index (κ1) is 28.6. The van der Waals surface area contributed by atoms with Crippen LogP contribution in [0.5, 0.6) is 23.0 Å². The second kappa shape index (κ2) is 12.2. The quantitative estimate of drug-likeness (QED) is 0.263. The van der Waals surface area contributed by atoms with Gasteiger partial charge in [0.05, 0.1) is 16.5 Å². The van der Waals surface area contributed by atoms with E-state index in [4.69, 9.17) is 4.74 Å². The first-order valence-electron chi connectivity index (χ1n) is 13.4. The summed E-state index contributed by atoms with van der Waals surface area (Å²) in [7, 11) is 7.82. The van der Waals surface area contributed by atoms with Gasteiger partial charge in [0.15, 0.2) is 0 Å². The number of carbonyl (C=O) groups is 1. The Morgan fingerprint density at radius 3 is 1.74 bits per heavy atom. The van der Waals surface area contributed by atoms with Gasteiger partial charge in [0.1, 0.15) is 29.3 Å². The van der Waals surface area contributed by atoms with E-state index in [1.54, 1.807) is 12.1 Å². The lowest BCUT2D eigenvalue weighted by atomic mass is 9.67. The number of phenolic OH excluding ortho intramolecular Hbond substituents is 2. The summed E-state index contributed by atoms with van der Waals surface area (Å²) in [5.41, 5.74) is 3.71. The van der Waals surface area contributed by atoms with Crippen LogP contribution in [0.2, 0.25) is 0 Å². The lowest BCUT2D eigenvalue weighted by Gasteiger charge is -2.41. The van der Waals surface area contributed by atoms with Crippen molar-refractivity contribution in [3.63, 3.8) is 0 Å². The van der Waals surface area contributed by atoms with E-state index in [2.05, 4.69) is 27.4 Å². The van der Waals surface area contributed by atoms with Gasteiger partial charge in [-0.3, -0.25) is 4.79 Å². The van der Waals surface area contributed by atoms with Crippen LogP contribution in [0.25, 0.3) is 0 Å². The molecule has 8 nitrogen and oxygen atoms in total. The van der Waals surface area contributed by atoms with Gasteiger partial charge in [-0.05, 0) is 52.8 Å². The van der Waals surface area contributed by atoms with Crippen molar-refractivity contribution < 1.29 is 19.7 Å². The molecule has 0 atom stereocenters. The molecule has 3 aromatic carbocycles. The smallest absolute Gasteiger partial charge is 0.150 e. The van der Waals surface area contributed by atoms with E-state index in [1.165, 1.54) is 0 Å². The Balaban J connectivity index is 1.97. The summed E-state index contributed by atoms with van der Waals surface area (Å²) in [6, 6.07) is 14.8. The predicted molar refractivity (Wildman–Crippen MR) is 154 cm³/mol. The number of nitrogens with zero attached hydrogens (tertiary/aromatic N) is 2. The molecule has 0 amide bonds. The number of rotatable bonds is 12. The van der Waals surface area contributed by atoms with Gasteiger partial charge >= 0.3 is 0 Å². The van der Waals surface area contributed by atoms with Gasteiger partial charge in [-0.15, -0.1) is 0 Å². The number of phenols is 2. The molecule has 4 N–H and O–H groups in total. The molecule has 4 rings (SSSR count). The topological polar surface area (TPSA) is 97.3 Å². The van der Waals surface area contributed by atoms with Crippen LogP contribution in [0.3, 0.4) is 0 Å². The number of aromatic hydroxyl groups is 2. The third-order valence-corrected chi connectivity index (χ3v) is 7.72. The Morgan fingerprint density at radius 2 is 1.28 bits per heavy atom. The van der Waals surface area contributed by atoms with Crippen LogP contribution in [0.4, 0.5) is 0 Å². The van der Waals surface area contributed by atoms with Gasteiger partial charge in [0.25, 0.3) is 0 Å². The summed E-state index contributed by atoms with van der Waals surface area (Å²) in [6.45, 7) is 6.19. The number of nitrogens with one attached hydrogen (secondary N) is 2. The summed E-state index contributed by atoms with van der Waals surface area (Å²) >= 11 is 0. The maximum absolute atomic E-state index is 12.2. The molecule has 0 bridgehead atoms. The van der Waals surface area contributed by atoms with Gasteiger partial charge in [-0.2, -0.15) is 0 Å². The summed E-state index contributed by atoms with van der Waals surface area (Å²) in [5, 5.41) is 28.4. The second-order valence-electron chi connectivity index (χ2n) is 10.5. The molecule has 0 radical (unpaired) electrons. The Labute approximate surface area is 231 Å². The molecule has 0 fully saturated rings. The lowest BCUT2D eigenvalue weighted by Crippen LogP contribution is -2.33. The number of likely N-dealkylation sites (N-methyl/N-ethyl adjacent to an activating group) is 4. The molecule has 0 aliphatic carbocycles. The average Bonchev–Trinajstić information content (AvgIpc) is 2.93. The predicted octanol–water partition coefficient (Wildman–Crippen LogP) is 3.67. The molecule has 1 heterocycles. The number of hydrogen-bond acceptors (Lipinski definition) is 8. The first-order chi connectivity index (χ1) is 18.8. The van der Waals surface area contributed by atoms with Gasteiger partial charge in [-0.25, -0.2) is 0 Å². The van der Waals surface area contributed by atoms with Crippen molar-refractivity contribution in [3.8, 4) is 23.0 Å². The molecule has 3 aromatic rings. The van der Waals surface area contributed by atoms with Crippen molar-refractivity contribution in [1.29, 1.82) is 0 Å².